The lowest BCUT2D eigenvalue weighted by Crippen LogP contribution is -2.28. The van der Waals surface area contributed by atoms with Gasteiger partial charge in [0.05, 0.1) is 11.7 Å². The highest BCUT2D eigenvalue weighted by atomic mass is 32.1. The molecule has 1 amide bonds. The number of nitrogens with zero attached hydrogens (tertiary/aromatic N) is 2. The molecule has 27 heavy (non-hydrogen) atoms. The molecular formula is C21H23N3O2S. The van der Waals surface area contributed by atoms with Crippen molar-refractivity contribution >= 4 is 33.1 Å². The van der Waals surface area contributed by atoms with Gasteiger partial charge in [-0.25, -0.2) is 4.98 Å². The number of unbranched alkanes of at least 4 members (excludes halogenated alkanes) is 1. The molecule has 0 unspecified atom stereocenters. The first-order chi connectivity index (χ1) is 13.2. The summed E-state index contributed by atoms with van der Waals surface area (Å²) < 4.78 is 1.42. The molecule has 0 atom stereocenters. The minimum absolute atomic E-state index is 0.0238. The third-order valence-corrected chi connectivity index (χ3v) is 6.26. The van der Waals surface area contributed by atoms with Gasteiger partial charge in [-0.05, 0) is 55.4 Å². The van der Waals surface area contributed by atoms with Crippen molar-refractivity contribution < 1.29 is 4.79 Å². The minimum atomic E-state index is -0.216. The van der Waals surface area contributed by atoms with Crippen LogP contribution in [0.3, 0.4) is 0 Å². The van der Waals surface area contributed by atoms with Crippen LogP contribution in [-0.2, 0) is 30.6 Å². The third-order valence-electron chi connectivity index (χ3n) is 5.06. The Balaban J connectivity index is 1.48. The van der Waals surface area contributed by atoms with Crippen molar-refractivity contribution in [3.63, 3.8) is 0 Å². The lowest BCUT2D eigenvalue weighted by atomic mass is 10.1. The smallest absolute Gasteiger partial charge is 0.262 e. The molecule has 0 saturated heterocycles. The molecule has 140 valence electrons. The largest absolute Gasteiger partial charge is 0.325 e. The molecule has 2 heterocycles. The summed E-state index contributed by atoms with van der Waals surface area (Å²) in [6.07, 6.45) is 7.94. The zero-order valence-electron chi connectivity index (χ0n) is 15.5. The van der Waals surface area contributed by atoms with Gasteiger partial charge in [-0.1, -0.05) is 25.5 Å². The molecule has 0 radical (unpaired) electrons. The molecule has 0 spiro atoms. The number of hydrogen-bond acceptors (Lipinski definition) is 4. The van der Waals surface area contributed by atoms with E-state index in [2.05, 4.69) is 17.2 Å². The quantitative estimate of drug-likeness (QED) is 0.704. The molecule has 2 aromatic heterocycles. The highest BCUT2D eigenvalue weighted by molar-refractivity contribution is 7.18. The summed E-state index contributed by atoms with van der Waals surface area (Å²) in [5.74, 6) is -0.216. The van der Waals surface area contributed by atoms with E-state index >= 15 is 0 Å². The lowest BCUT2D eigenvalue weighted by molar-refractivity contribution is -0.116. The molecule has 1 aliphatic carbocycles. The van der Waals surface area contributed by atoms with Gasteiger partial charge in [0.15, 0.2) is 0 Å². The molecule has 6 heteroatoms. The number of aromatic nitrogens is 2. The summed E-state index contributed by atoms with van der Waals surface area (Å²) in [5, 5.41) is 3.58. The van der Waals surface area contributed by atoms with Crippen molar-refractivity contribution in [3.8, 4) is 0 Å². The predicted molar refractivity (Wildman–Crippen MR) is 110 cm³/mol. The molecule has 1 N–H and O–H groups in total. The Morgan fingerprint density at radius 2 is 2.07 bits per heavy atom. The van der Waals surface area contributed by atoms with Crippen LogP contribution in [0.15, 0.2) is 35.4 Å². The maximum absolute atomic E-state index is 12.8. The SMILES string of the molecule is CCCCc1ccc(NC(=O)Cn2cnc3sc4c(c3c2=O)CCC4)cc1. The van der Waals surface area contributed by atoms with E-state index < -0.39 is 0 Å². The van der Waals surface area contributed by atoms with Crippen LogP contribution in [-0.4, -0.2) is 15.5 Å². The van der Waals surface area contributed by atoms with Crippen LogP contribution in [0.4, 0.5) is 5.69 Å². The first-order valence-electron chi connectivity index (χ1n) is 9.54. The average molecular weight is 382 g/mol. The van der Waals surface area contributed by atoms with E-state index in [4.69, 9.17) is 0 Å². The summed E-state index contributed by atoms with van der Waals surface area (Å²) in [4.78, 5) is 31.7. The number of fused-ring (bicyclic) bond motifs is 3. The normalized spacial score (nSPS) is 13.1. The number of carbonyl (C=O) groups excluding carboxylic acids is 1. The molecule has 0 bridgehead atoms. The molecule has 4 rings (SSSR count). The Morgan fingerprint density at radius 1 is 1.26 bits per heavy atom. The van der Waals surface area contributed by atoms with E-state index in [1.807, 2.05) is 24.3 Å². The monoisotopic (exact) mass is 381 g/mol. The second kappa shape index (κ2) is 7.64. The Morgan fingerprint density at radius 3 is 2.85 bits per heavy atom. The summed E-state index contributed by atoms with van der Waals surface area (Å²) in [6, 6.07) is 7.91. The van der Waals surface area contributed by atoms with Crippen molar-refractivity contribution in [2.75, 3.05) is 5.32 Å². The third kappa shape index (κ3) is 3.67. The Hall–Kier alpha value is -2.47. The van der Waals surface area contributed by atoms with Crippen molar-refractivity contribution in [2.24, 2.45) is 0 Å². The van der Waals surface area contributed by atoms with E-state index in [0.717, 1.165) is 48.2 Å². The minimum Gasteiger partial charge on any atom is -0.325 e. The topological polar surface area (TPSA) is 64.0 Å². The Bertz CT molecular complexity index is 1030. The van der Waals surface area contributed by atoms with Crippen molar-refractivity contribution in [2.45, 2.75) is 52.0 Å². The van der Waals surface area contributed by atoms with E-state index in [1.54, 1.807) is 11.3 Å². The van der Waals surface area contributed by atoms with Crippen LogP contribution in [0.5, 0.6) is 0 Å². The number of rotatable bonds is 6. The fourth-order valence-electron chi connectivity index (χ4n) is 3.62. The van der Waals surface area contributed by atoms with Crippen LogP contribution in [0, 0.1) is 0 Å². The number of amides is 1. The summed E-state index contributed by atoms with van der Waals surface area (Å²) in [6.45, 7) is 2.15. The lowest BCUT2D eigenvalue weighted by Gasteiger charge is -2.08. The van der Waals surface area contributed by atoms with Gasteiger partial charge in [-0.2, -0.15) is 0 Å². The Kier molecular flexibility index (Phi) is 5.07. The number of carbonyl (C=O) groups is 1. The van der Waals surface area contributed by atoms with Crippen LogP contribution >= 0.6 is 11.3 Å². The maximum atomic E-state index is 12.8. The number of thiophene rings is 1. The number of aryl methyl sites for hydroxylation is 3. The van der Waals surface area contributed by atoms with E-state index in [9.17, 15) is 9.59 Å². The zero-order chi connectivity index (χ0) is 18.8. The molecule has 0 aliphatic heterocycles. The number of anilines is 1. The van der Waals surface area contributed by atoms with Gasteiger partial charge in [0, 0.05) is 10.6 Å². The molecule has 1 aliphatic rings. The van der Waals surface area contributed by atoms with Gasteiger partial charge < -0.3 is 5.32 Å². The second-order valence-corrected chi connectivity index (χ2v) is 8.15. The summed E-state index contributed by atoms with van der Waals surface area (Å²) in [5.41, 5.74) is 3.06. The van der Waals surface area contributed by atoms with E-state index in [1.165, 1.54) is 27.8 Å². The second-order valence-electron chi connectivity index (χ2n) is 7.06. The van der Waals surface area contributed by atoms with Crippen LogP contribution in [0.2, 0.25) is 0 Å². The number of benzene rings is 1. The van der Waals surface area contributed by atoms with Gasteiger partial charge in [0.1, 0.15) is 11.4 Å². The van der Waals surface area contributed by atoms with Crippen LogP contribution in [0.25, 0.3) is 10.2 Å². The van der Waals surface area contributed by atoms with Gasteiger partial charge in [0.2, 0.25) is 5.91 Å². The van der Waals surface area contributed by atoms with Crippen molar-refractivity contribution in [3.05, 3.63) is 57.0 Å². The zero-order valence-corrected chi connectivity index (χ0v) is 16.3. The first-order valence-corrected chi connectivity index (χ1v) is 10.4. The molecule has 0 saturated carbocycles. The fourth-order valence-corrected chi connectivity index (χ4v) is 4.84. The standard InChI is InChI=1S/C21H23N3O2S/c1-2-3-5-14-8-10-15(11-9-14)23-18(25)12-24-13-22-20-19(21(24)26)16-6-4-7-17(16)27-20/h8-11,13H,2-7,12H2,1H3,(H,23,25). The summed E-state index contributed by atoms with van der Waals surface area (Å²) >= 11 is 1.61. The maximum Gasteiger partial charge on any atom is 0.262 e. The van der Waals surface area contributed by atoms with Crippen molar-refractivity contribution in [1.82, 2.24) is 9.55 Å². The van der Waals surface area contributed by atoms with Crippen molar-refractivity contribution in [1.29, 1.82) is 0 Å². The summed E-state index contributed by atoms with van der Waals surface area (Å²) in [7, 11) is 0. The van der Waals surface area contributed by atoms with E-state index in [0.29, 0.717) is 5.39 Å². The van der Waals surface area contributed by atoms with Gasteiger partial charge in [-0.3, -0.25) is 14.2 Å². The molecule has 0 fully saturated rings. The molecule has 3 aromatic rings. The molecular weight excluding hydrogens is 358 g/mol. The van der Waals surface area contributed by atoms with E-state index in [-0.39, 0.29) is 18.0 Å². The highest BCUT2D eigenvalue weighted by Crippen LogP contribution is 2.34. The molecule has 5 nitrogen and oxygen atoms in total. The highest BCUT2D eigenvalue weighted by Gasteiger charge is 2.21. The average Bonchev–Trinajstić information content (AvgIpc) is 3.24. The van der Waals surface area contributed by atoms with Gasteiger partial charge in [-0.15, -0.1) is 11.3 Å². The van der Waals surface area contributed by atoms with Gasteiger partial charge in [0.25, 0.3) is 5.56 Å². The number of nitrogens with one attached hydrogen (secondary N) is 1. The fraction of sp³-hybridized carbons (Fsp3) is 0.381. The predicted octanol–water partition coefficient (Wildman–Crippen LogP) is 3.93. The Labute approximate surface area is 162 Å². The van der Waals surface area contributed by atoms with Gasteiger partial charge >= 0.3 is 0 Å². The number of hydrogen-bond donors (Lipinski definition) is 1. The molecule has 1 aromatic carbocycles. The van der Waals surface area contributed by atoms with Crippen LogP contribution < -0.4 is 10.9 Å². The van der Waals surface area contributed by atoms with Crippen LogP contribution in [0.1, 0.15) is 42.2 Å². The first kappa shape index (κ1) is 17.9.